The van der Waals surface area contributed by atoms with Crippen molar-refractivity contribution in [2.75, 3.05) is 0 Å². The van der Waals surface area contributed by atoms with Crippen molar-refractivity contribution >= 4 is 28.7 Å². The van der Waals surface area contributed by atoms with Gasteiger partial charge in [0.2, 0.25) is 0 Å². The van der Waals surface area contributed by atoms with Gasteiger partial charge in [-0.2, -0.15) is 0 Å². The molecule has 0 aliphatic carbocycles. The summed E-state index contributed by atoms with van der Waals surface area (Å²) in [5, 5.41) is 0.655. The van der Waals surface area contributed by atoms with Gasteiger partial charge in [-0.3, -0.25) is 4.99 Å². The second-order valence-electron chi connectivity index (χ2n) is 6.88. The lowest BCUT2D eigenvalue weighted by molar-refractivity contribution is 0.628. The first-order chi connectivity index (χ1) is 13.4. The van der Waals surface area contributed by atoms with Gasteiger partial charge in [-0.1, -0.05) is 41.4 Å². The fourth-order valence-corrected chi connectivity index (χ4v) is 2.87. The maximum absolute atomic E-state index is 13.5. The molecule has 0 radical (unpaired) electrons. The monoisotopic (exact) mass is 392 g/mol. The Hall–Kier alpha value is -2.78. The van der Waals surface area contributed by atoms with Gasteiger partial charge in [0.15, 0.2) is 0 Å². The number of halogens is 2. The number of aliphatic imine (C=N–C) groups is 2. The van der Waals surface area contributed by atoms with E-state index in [9.17, 15) is 4.39 Å². The third-order valence-electron chi connectivity index (χ3n) is 4.12. The summed E-state index contributed by atoms with van der Waals surface area (Å²) < 4.78 is 13.5. The minimum atomic E-state index is -0.281. The number of hydrogen-bond acceptors (Lipinski definition) is 2. The molecule has 0 unspecified atom stereocenters. The summed E-state index contributed by atoms with van der Waals surface area (Å²) in [6.45, 7) is 6.06. The highest BCUT2D eigenvalue weighted by Gasteiger charge is 2.16. The summed E-state index contributed by atoms with van der Waals surface area (Å²) in [4.78, 5) is 9.72. The lowest BCUT2D eigenvalue weighted by Crippen LogP contribution is -2.19. The van der Waals surface area contributed by atoms with Gasteiger partial charge in [-0.05, 0) is 69.3 Å². The Bertz CT molecular complexity index is 986. The van der Waals surface area contributed by atoms with Crippen molar-refractivity contribution in [3.63, 3.8) is 0 Å². The van der Waals surface area contributed by atoms with Crippen molar-refractivity contribution in [3.8, 4) is 0 Å². The van der Waals surface area contributed by atoms with Crippen LogP contribution >= 0.6 is 11.6 Å². The Morgan fingerprint density at radius 2 is 1.32 bits per heavy atom. The topological polar surface area (TPSA) is 24.7 Å². The molecule has 0 aliphatic rings. The minimum Gasteiger partial charge on any atom is -0.280 e. The summed E-state index contributed by atoms with van der Waals surface area (Å²) in [5.74, 6) is -0.281. The molecule has 0 spiro atoms. The molecule has 0 amide bonds. The number of hydrogen-bond donors (Lipinski definition) is 0. The Labute approximate surface area is 170 Å². The average Bonchev–Trinajstić information content (AvgIpc) is 2.67. The van der Waals surface area contributed by atoms with E-state index in [2.05, 4.69) is 0 Å². The predicted octanol–water partition coefficient (Wildman–Crippen LogP) is 6.81. The zero-order valence-corrected chi connectivity index (χ0v) is 16.9. The van der Waals surface area contributed by atoms with Crippen LogP contribution in [0.15, 0.2) is 82.8 Å². The van der Waals surface area contributed by atoms with Crippen LogP contribution < -0.4 is 0 Å². The van der Waals surface area contributed by atoms with E-state index in [-0.39, 0.29) is 11.9 Å². The first-order valence-electron chi connectivity index (χ1n) is 9.18. The molecule has 0 fully saturated rings. The number of rotatable bonds is 5. The van der Waals surface area contributed by atoms with Crippen molar-refractivity contribution in [3.05, 3.63) is 100 Å². The van der Waals surface area contributed by atoms with Gasteiger partial charge >= 0.3 is 0 Å². The summed E-state index contributed by atoms with van der Waals surface area (Å²) in [6.07, 6.45) is 0. The van der Waals surface area contributed by atoms with Crippen LogP contribution in [0.5, 0.6) is 0 Å². The SMILES string of the molecule is Cc1ccc(N=C(C(=NC(C)C)c2ccc(F)cc2)c2ccc(Cl)cc2)cc1. The predicted molar refractivity (Wildman–Crippen MR) is 117 cm³/mol. The average molecular weight is 393 g/mol. The summed E-state index contributed by atoms with van der Waals surface area (Å²) in [7, 11) is 0. The van der Waals surface area contributed by atoms with Crippen LogP contribution in [-0.2, 0) is 0 Å². The van der Waals surface area contributed by atoms with Crippen molar-refractivity contribution in [1.82, 2.24) is 0 Å². The van der Waals surface area contributed by atoms with Crippen LogP contribution in [0.1, 0.15) is 30.5 Å². The molecule has 3 aromatic rings. The van der Waals surface area contributed by atoms with Crippen molar-refractivity contribution in [2.45, 2.75) is 26.8 Å². The molecule has 28 heavy (non-hydrogen) atoms. The quantitative estimate of drug-likeness (QED) is 0.426. The van der Waals surface area contributed by atoms with Crippen LogP contribution in [0.25, 0.3) is 0 Å². The summed E-state index contributed by atoms with van der Waals surface area (Å²) in [6, 6.07) is 21.9. The summed E-state index contributed by atoms with van der Waals surface area (Å²) >= 11 is 6.08. The third kappa shape index (κ3) is 5.14. The third-order valence-corrected chi connectivity index (χ3v) is 4.37. The molecule has 3 rings (SSSR count). The zero-order valence-electron chi connectivity index (χ0n) is 16.2. The molecule has 142 valence electrons. The van der Waals surface area contributed by atoms with Crippen LogP contribution in [0.4, 0.5) is 10.1 Å². The van der Waals surface area contributed by atoms with Crippen molar-refractivity contribution < 1.29 is 4.39 Å². The molecular weight excluding hydrogens is 371 g/mol. The van der Waals surface area contributed by atoms with Crippen LogP contribution in [0.3, 0.4) is 0 Å². The Balaban J connectivity index is 2.20. The van der Waals surface area contributed by atoms with Gasteiger partial charge in [0.05, 0.1) is 17.1 Å². The molecule has 0 aromatic heterocycles. The van der Waals surface area contributed by atoms with E-state index < -0.39 is 0 Å². The highest BCUT2D eigenvalue weighted by atomic mass is 35.5. The van der Waals surface area contributed by atoms with E-state index >= 15 is 0 Å². The second-order valence-corrected chi connectivity index (χ2v) is 7.32. The van der Waals surface area contributed by atoms with E-state index in [0.717, 1.165) is 28.2 Å². The van der Waals surface area contributed by atoms with Crippen LogP contribution in [0.2, 0.25) is 5.02 Å². The van der Waals surface area contributed by atoms with E-state index in [1.54, 1.807) is 12.1 Å². The number of benzene rings is 3. The number of aryl methyl sites for hydroxylation is 1. The minimum absolute atomic E-state index is 0.0515. The highest BCUT2D eigenvalue weighted by Crippen LogP contribution is 2.20. The van der Waals surface area contributed by atoms with Crippen LogP contribution in [0, 0.1) is 12.7 Å². The van der Waals surface area contributed by atoms with Crippen molar-refractivity contribution in [2.24, 2.45) is 9.98 Å². The van der Waals surface area contributed by atoms with Gasteiger partial charge in [0, 0.05) is 22.2 Å². The first-order valence-corrected chi connectivity index (χ1v) is 9.55. The molecule has 2 nitrogen and oxygen atoms in total. The molecular formula is C24H22ClFN2. The first kappa shape index (κ1) is 20.0. The molecule has 4 heteroatoms. The van der Waals surface area contributed by atoms with Crippen LogP contribution in [-0.4, -0.2) is 17.5 Å². The number of nitrogens with zero attached hydrogens (tertiary/aromatic N) is 2. The largest absolute Gasteiger partial charge is 0.280 e. The van der Waals surface area contributed by atoms with Gasteiger partial charge in [0.25, 0.3) is 0 Å². The normalized spacial score (nSPS) is 12.5. The second kappa shape index (κ2) is 8.94. The Morgan fingerprint density at radius 1 is 0.786 bits per heavy atom. The van der Waals surface area contributed by atoms with E-state index in [1.165, 1.54) is 17.7 Å². The molecule has 0 heterocycles. The van der Waals surface area contributed by atoms with Gasteiger partial charge in [-0.25, -0.2) is 9.38 Å². The molecule has 0 saturated heterocycles. The van der Waals surface area contributed by atoms with E-state index in [0.29, 0.717) is 5.02 Å². The molecule has 0 atom stereocenters. The van der Waals surface area contributed by atoms with Gasteiger partial charge in [0.1, 0.15) is 5.82 Å². The Kier molecular flexibility index (Phi) is 6.37. The Morgan fingerprint density at radius 3 is 1.89 bits per heavy atom. The maximum Gasteiger partial charge on any atom is 0.123 e. The summed E-state index contributed by atoms with van der Waals surface area (Å²) in [5.41, 5.74) is 5.15. The molecule has 0 N–H and O–H groups in total. The van der Waals surface area contributed by atoms with Gasteiger partial charge < -0.3 is 0 Å². The molecule has 3 aromatic carbocycles. The standard InChI is InChI=1S/C24H22ClFN2/c1-16(2)27-23(19-8-12-21(26)13-9-19)24(18-6-10-20(25)11-7-18)28-22-14-4-17(3)5-15-22/h4-16H,1-3H3. The smallest absolute Gasteiger partial charge is 0.123 e. The molecule has 0 saturated carbocycles. The van der Waals surface area contributed by atoms with Crippen molar-refractivity contribution in [1.29, 1.82) is 0 Å². The van der Waals surface area contributed by atoms with E-state index in [4.69, 9.17) is 21.6 Å². The molecule has 0 aliphatic heterocycles. The lowest BCUT2D eigenvalue weighted by Gasteiger charge is -2.13. The zero-order chi connectivity index (χ0) is 20.1. The molecule has 0 bridgehead atoms. The van der Waals surface area contributed by atoms with Gasteiger partial charge in [-0.15, -0.1) is 0 Å². The fourth-order valence-electron chi connectivity index (χ4n) is 2.75. The maximum atomic E-state index is 13.5. The fraction of sp³-hybridized carbons (Fsp3) is 0.167. The highest BCUT2D eigenvalue weighted by molar-refractivity contribution is 6.54. The van der Waals surface area contributed by atoms with E-state index in [1.807, 2.05) is 69.3 Å². The lowest BCUT2D eigenvalue weighted by atomic mass is 9.99.